The minimum atomic E-state index is -3.58. The van der Waals surface area contributed by atoms with Gasteiger partial charge in [0.05, 0.1) is 10.5 Å². The summed E-state index contributed by atoms with van der Waals surface area (Å²) in [7, 11) is -3.58. The van der Waals surface area contributed by atoms with Crippen LogP contribution in [0.5, 0.6) is 0 Å². The molecule has 1 aliphatic carbocycles. The molecular formula is C20H28N2O5S. The predicted molar refractivity (Wildman–Crippen MR) is 104 cm³/mol. The summed E-state index contributed by atoms with van der Waals surface area (Å²) in [4.78, 5) is 24.2. The molecule has 1 amide bonds. The number of carbonyl (C=O) groups is 2. The Morgan fingerprint density at radius 3 is 2.36 bits per heavy atom. The standard InChI is InChI=1S/C20H28N2O5S/c1-15-6-4-5-13-22(15)28(25,26)18-11-9-16(10-12-18)20(24)27-14-19(23)21-17-7-2-3-8-17/h9-12,15,17H,2-8,13-14H2,1H3,(H,21,23). The molecule has 0 aromatic heterocycles. The highest BCUT2D eigenvalue weighted by Gasteiger charge is 2.31. The van der Waals surface area contributed by atoms with Gasteiger partial charge >= 0.3 is 5.97 Å². The molecule has 2 fully saturated rings. The topological polar surface area (TPSA) is 92.8 Å². The lowest BCUT2D eigenvalue weighted by Gasteiger charge is -2.32. The third kappa shape index (κ3) is 4.91. The van der Waals surface area contributed by atoms with Gasteiger partial charge in [-0.15, -0.1) is 0 Å². The van der Waals surface area contributed by atoms with Crippen molar-refractivity contribution in [1.82, 2.24) is 9.62 Å². The van der Waals surface area contributed by atoms with Crippen LogP contribution in [0.2, 0.25) is 0 Å². The highest BCUT2D eigenvalue weighted by atomic mass is 32.2. The monoisotopic (exact) mass is 408 g/mol. The number of ether oxygens (including phenoxy) is 1. The molecule has 1 saturated carbocycles. The zero-order valence-corrected chi connectivity index (χ0v) is 17.0. The summed E-state index contributed by atoms with van der Waals surface area (Å²) in [5, 5.41) is 2.85. The maximum Gasteiger partial charge on any atom is 0.338 e. The van der Waals surface area contributed by atoms with Crippen LogP contribution in [0, 0.1) is 0 Å². The average Bonchev–Trinajstić information content (AvgIpc) is 3.19. The first-order valence-corrected chi connectivity index (χ1v) is 11.4. The lowest BCUT2D eigenvalue weighted by molar-refractivity contribution is -0.124. The molecule has 0 radical (unpaired) electrons. The van der Waals surface area contributed by atoms with E-state index in [4.69, 9.17) is 4.74 Å². The molecule has 28 heavy (non-hydrogen) atoms. The first kappa shape index (κ1) is 20.8. The van der Waals surface area contributed by atoms with Gasteiger partial charge in [0, 0.05) is 18.6 Å². The van der Waals surface area contributed by atoms with Crippen LogP contribution < -0.4 is 5.32 Å². The number of hydrogen-bond acceptors (Lipinski definition) is 5. The van der Waals surface area contributed by atoms with Crippen LogP contribution in [0.4, 0.5) is 0 Å². The molecule has 2 aliphatic rings. The van der Waals surface area contributed by atoms with Crippen molar-refractivity contribution in [3.05, 3.63) is 29.8 Å². The van der Waals surface area contributed by atoms with Crippen LogP contribution in [0.3, 0.4) is 0 Å². The number of piperidine rings is 1. The van der Waals surface area contributed by atoms with Gasteiger partial charge in [-0.3, -0.25) is 4.79 Å². The van der Waals surface area contributed by atoms with Crippen molar-refractivity contribution >= 4 is 21.9 Å². The van der Waals surface area contributed by atoms with E-state index in [0.29, 0.717) is 6.54 Å². The van der Waals surface area contributed by atoms with Crippen molar-refractivity contribution in [2.24, 2.45) is 0 Å². The quantitative estimate of drug-likeness (QED) is 0.730. The summed E-state index contributed by atoms with van der Waals surface area (Å²) in [6, 6.07) is 5.85. The van der Waals surface area contributed by atoms with Gasteiger partial charge in [-0.25, -0.2) is 13.2 Å². The smallest absolute Gasteiger partial charge is 0.338 e. The van der Waals surface area contributed by atoms with Gasteiger partial charge in [-0.05, 0) is 56.9 Å². The van der Waals surface area contributed by atoms with Gasteiger partial charge in [0.25, 0.3) is 5.91 Å². The lowest BCUT2D eigenvalue weighted by Crippen LogP contribution is -2.41. The number of nitrogens with one attached hydrogen (secondary N) is 1. The minimum absolute atomic E-state index is 0.0261. The first-order chi connectivity index (χ1) is 13.4. The molecule has 1 saturated heterocycles. The summed E-state index contributed by atoms with van der Waals surface area (Å²) in [5.74, 6) is -0.949. The SMILES string of the molecule is CC1CCCCN1S(=O)(=O)c1ccc(C(=O)OCC(=O)NC2CCCC2)cc1. The average molecular weight is 409 g/mol. The maximum atomic E-state index is 12.8. The number of esters is 1. The molecule has 1 aliphatic heterocycles. The van der Waals surface area contributed by atoms with E-state index in [-0.39, 0.29) is 35.1 Å². The molecule has 8 heteroatoms. The summed E-state index contributed by atoms with van der Waals surface area (Å²) in [5.41, 5.74) is 0.222. The second kappa shape index (κ2) is 9.05. The van der Waals surface area contributed by atoms with Crippen LogP contribution in [0.15, 0.2) is 29.2 Å². The summed E-state index contributed by atoms with van der Waals surface area (Å²) in [6.45, 7) is 2.10. The molecular weight excluding hydrogens is 380 g/mol. The Balaban J connectivity index is 1.57. The van der Waals surface area contributed by atoms with E-state index < -0.39 is 16.0 Å². The molecule has 3 rings (SSSR count). The molecule has 0 spiro atoms. The molecule has 1 heterocycles. The van der Waals surface area contributed by atoms with E-state index in [1.54, 1.807) is 0 Å². The minimum Gasteiger partial charge on any atom is -0.452 e. The number of nitrogens with zero attached hydrogens (tertiary/aromatic N) is 1. The third-order valence-corrected chi connectivity index (χ3v) is 7.52. The van der Waals surface area contributed by atoms with Gasteiger partial charge in [-0.1, -0.05) is 19.3 Å². The van der Waals surface area contributed by atoms with Gasteiger partial charge in [0.1, 0.15) is 0 Å². The Hall–Kier alpha value is -1.93. The fourth-order valence-corrected chi connectivity index (χ4v) is 5.58. The summed E-state index contributed by atoms with van der Waals surface area (Å²) in [6.07, 6.45) is 6.89. The number of benzene rings is 1. The van der Waals surface area contributed by atoms with Crippen molar-refractivity contribution in [2.45, 2.75) is 68.8 Å². The van der Waals surface area contributed by atoms with Crippen LogP contribution in [-0.4, -0.2) is 49.8 Å². The van der Waals surface area contributed by atoms with Crippen LogP contribution in [0.25, 0.3) is 0 Å². The van der Waals surface area contributed by atoms with Gasteiger partial charge in [-0.2, -0.15) is 4.31 Å². The number of rotatable bonds is 6. The zero-order valence-electron chi connectivity index (χ0n) is 16.2. The van der Waals surface area contributed by atoms with Crippen molar-refractivity contribution in [2.75, 3.05) is 13.2 Å². The summed E-state index contributed by atoms with van der Waals surface area (Å²) >= 11 is 0. The maximum absolute atomic E-state index is 12.8. The number of sulfonamides is 1. The van der Waals surface area contributed by atoms with Gasteiger partial charge < -0.3 is 10.1 Å². The first-order valence-electron chi connectivity index (χ1n) is 9.96. The van der Waals surface area contributed by atoms with E-state index in [2.05, 4.69) is 5.32 Å². The zero-order chi connectivity index (χ0) is 20.1. The van der Waals surface area contributed by atoms with Crippen molar-refractivity contribution in [3.63, 3.8) is 0 Å². The van der Waals surface area contributed by atoms with Crippen molar-refractivity contribution in [1.29, 1.82) is 0 Å². The van der Waals surface area contributed by atoms with E-state index >= 15 is 0 Å². The Kier molecular flexibility index (Phi) is 6.72. The molecule has 1 atom stereocenters. The van der Waals surface area contributed by atoms with Gasteiger partial charge in [0.2, 0.25) is 10.0 Å². The Morgan fingerprint density at radius 1 is 1.07 bits per heavy atom. The second-order valence-electron chi connectivity index (χ2n) is 7.61. The van der Waals surface area contributed by atoms with Crippen molar-refractivity contribution in [3.8, 4) is 0 Å². The number of amides is 1. The van der Waals surface area contributed by atoms with Crippen LogP contribution >= 0.6 is 0 Å². The fraction of sp³-hybridized carbons (Fsp3) is 0.600. The molecule has 7 nitrogen and oxygen atoms in total. The molecule has 154 valence electrons. The molecule has 1 aromatic rings. The summed E-state index contributed by atoms with van der Waals surface area (Å²) < 4.78 is 32.2. The third-order valence-electron chi connectivity index (χ3n) is 5.49. The van der Waals surface area contributed by atoms with E-state index in [1.807, 2.05) is 6.92 Å². The number of carbonyl (C=O) groups excluding carboxylic acids is 2. The Labute approximate surface area is 166 Å². The van der Waals surface area contributed by atoms with Crippen LogP contribution in [-0.2, 0) is 19.6 Å². The fourth-order valence-electron chi connectivity index (χ4n) is 3.88. The molecule has 1 N–H and O–H groups in total. The van der Waals surface area contributed by atoms with Crippen molar-refractivity contribution < 1.29 is 22.7 Å². The van der Waals surface area contributed by atoms with Gasteiger partial charge in [0.15, 0.2) is 6.61 Å². The molecule has 1 aromatic carbocycles. The highest BCUT2D eigenvalue weighted by molar-refractivity contribution is 7.89. The second-order valence-corrected chi connectivity index (χ2v) is 9.50. The highest BCUT2D eigenvalue weighted by Crippen LogP contribution is 2.25. The lowest BCUT2D eigenvalue weighted by atomic mass is 10.1. The van der Waals surface area contributed by atoms with E-state index in [1.165, 1.54) is 28.6 Å². The van der Waals surface area contributed by atoms with Crippen LogP contribution in [0.1, 0.15) is 62.2 Å². The predicted octanol–water partition coefficient (Wildman–Crippen LogP) is 2.47. The Bertz CT molecular complexity index is 800. The Morgan fingerprint density at radius 2 is 1.71 bits per heavy atom. The number of hydrogen-bond donors (Lipinski definition) is 1. The van der Waals surface area contributed by atoms with E-state index in [9.17, 15) is 18.0 Å². The van der Waals surface area contributed by atoms with E-state index in [0.717, 1.165) is 44.9 Å². The largest absolute Gasteiger partial charge is 0.452 e. The molecule has 0 bridgehead atoms. The normalized spacial score (nSPS) is 21.4. The molecule has 1 unspecified atom stereocenters.